The molecule has 1 heterocycles. The number of hydrogen-bond donors (Lipinski definition) is 1. The second kappa shape index (κ2) is 4.94. The Bertz CT molecular complexity index is 437. The van der Waals surface area contributed by atoms with Gasteiger partial charge in [-0.2, -0.15) is 0 Å². The van der Waals surface area contributed by atoms with E-state index in [4.69, 9.17) is 22.1 Å². The van der Waals surface area contributed by atoms with Crippen LogP contribution in [0.15, 0.2) is 18.2 Å². The molecule has 5 heteroatoms. The maximum atomic E-state index is 12.0. The second-order valence-electron chi connectivity index (χ2n) is 3.95. The molecule has 0 bridgehead atoms. The fourth-order valence-corrected chi connectivity index (χ4v) is 2.06. The molecule has 1 atom stereocenters. The highest BCUT2D eigenvalue weighted by Crippen LogP contribution is 2.34. The van der Waals surface area contributed by atoms with Gasteiger partial charge in [0.2, 0.25) is 0 Å². The Morgan fingerprint density at radius 2 is 2.29 bits per heavy atom. The molecule has 1 unspecified atom stereocenters. The van der Waals surface area contributed by atoms with Crippen molar-refractivity contribution < 1.29 is 9.53 Å². The van der Waals surface area contributed by atoms with Gasteiger partial charge in [0.05, 0.1) is 5.69 Å². The number of carbonyl (C=O) groups is 1. The fourth-order valence-electron chi connectivity index (χ4n) is 1.89. The second-order valence-corrected chi connectivity index (χ2v) is 4.32. The SMILES string of the molecule is CC1Oc2ccc(CN)cc2N(CCCl)C1=O. The van der Waals surface area contributed by atoms with Gasteiger partial charge in [0.1, 0.15) is 5.75 Å². The van der Waals surface area contributed by atoms with Crippen molar-refractivity contribution in [1.82, 2.24) is 0 Å². The molecule has 1 aliphatic rings. The van der Waals surface area contributed by atoms with Crippen LogP contribution in [0.5, 0.6) is 5.75 Å². The molecule has 2 N–H and O–H groups in total. The first-order valence-corrected chi connectivity index (χ1v) is 6.08. The van der Waals surface area contributed by atoms with Gasteiger partial charge in [-0.3, -0.25) is 4.79 Å². The Hall–Kier alpha value is -1.26. The summed E-state index contributed by atoms with van der Waals surface area (Å²) in [7, 11) is 0. The van der Waals surface area contributed by atoms with Crippen LogP contribution in [0.2, 0.25) is 0 Å². The molecule has 0 saturated carbocycles. The molecule has 2 rings (SSSR count). The Morgan fingerprint density at radius 3 is 2.94 bits per heavy atom. The smallest absolute Gasteiger partial charge is 0.267 e. The molecule has 1 aromatic carbocycles. The number of rotatable bonds is 3. The summed E-state index contributed by atoms with van der Waals surface area (Å²) < 4.78 is 5.55. The third-order valence-corrected chi connectivity index (χ3v) is 2.94. The minimum atomic E-state index is -0.463. The third-order valence-electron chi connectivity index (χ3n) is 2.78. The van der Waals surface area contributed by atoms with Crippen LogP contribution in [0.1, 0.15) is 12.5 Å². The maximum Gasteiger partial charge on any atom is 0.267 e. The van der Waals surface area contributed by atoms with Crippen molar-refractivity contribution >= 4 is 23.2 Å². The monoisotopic (exact) mass is 254 g/mol. The quantitative estimate of drug-likeness (QED) is 0.832. The topological polar surface area (TPSA) is 55.6 Å². The zero-order chi connectivity index (χ0) is 12.4. The first kappa shape index (κ1) is 12.2. The van der Waals surface area contributed by atoms with Crippen LogP contribution in [0, 0.1) is 0 Å². The molecule has 1 amide bonds. The molecule has 0 spiro atoms. The summed E-state index contributed by atoms with van der Waals surface area (Å²) in [5.41, 5.74) is 7.32. The maximum absolute atomic E-state index is 12.0. The number of halogens is 1. The normalized spacial score (nSPS) is 18.9. The fraction of sp³-hybridized carbons (Fsp3) is 0.417. The van der Waals surface area contributed by atoms with E-state index >= 15 is 0 Å². The average Bonchev–Trinajstić information content (AvgIpc) is 2.34. The van der Waals surface area contributed by atoms with E-state index in [9.17, 15) is 4.79 Å². The van der Waals surface area contributed by atoms with Crippen LogP contribution in [0.25, 0.3) is 0 Å². The van der Waals surface area contributed by atoms with Gasteiger partial charge < -0.3 is 15.4 Å². The highest BCUT2D eigenvalue weighted by molar-refractivity contribution is 6.18. The van der Waals surface area contributed by atoms with Crippen molar-refractivity contribution in [2.45, 2.75) is 19.6 Å². The molecule has 0 aliphatic carbocycles. The van der Waals surface area contributed by atoms with Gasteiger partial charge in [-0.1, -0.05) is 6.07 Å². The number of nitrogens with zero attached hydrogens (tertiary/aromatic N) is 1. The zero-order valence-electron chi connectivity index (χ0n) is 9.65. The van der Waals surface area contributed by atoms with E-state index in [0.29, 0.717) is 24.7 Å². The average molecular weight is 255 g/mol. The minimum Gasteiger partial charge on any atom is -0.479 e. The van der Waals surface area contributed by atoms with E-state index < -0.39 is 6.10 Å². The van der Waals surface area contributed by atoms with E-state index in [1.165, 1.54) is 0 Å². The van der Waals surface area contributed by atoms with E-state index in [1.54, 1.807) is 11.8 Å². The minimum absolute atomic E-state index is 0.0627. The van der Waals surface area contributed by atoms with Crippen LogP contribution in [0.4, 0.5) is 5.69 Å². The summed E-state index contributed by atoms with van der Waals surface area (Å²) in [4.78, 5) is 13.7. The lowest BCUT2D eigenvalue weighted by molar-refractivity contribution is -0.125. The third kappa shape index (κ3) is 2.23. The predicted molar refractivity (Wildman–Crippen MR) is 67.5 cm³/mol. The van der Waals surface area contributed by atoms with Gasteiger partial charge in [-0.05, 0) is 24.6 Å². The molecule has 0 radical (unpaired) electrons. The first-order chi connectivity index (χ1) is 8.17. The first-order valence-electron chi connectivity index (χ1n) is 5.54. The summed E-state index contributed by atoms with van der Waals surface area (Å²) >= 11 is 5.73. The van der Waals surface area contributed by atoms with Gasteiger partial charge >= 0.3 is 0 Å². The molecular weight excluding hydrogens is 240 g/mol. The highest BCUT2D eigenvalue weighted by Gasteiger charge is 2.30. The molecule has 4 nitrogen and oxygen atoms in total. The standard InChI is InChI=1S/C12H15ClN2O2/c1-8-12(16)15(5-4-13)10-6-9(7-14)2-3-11(10)17-8/h2-3,6,8H,4-5,7,14H2,1H3. The molecule has 0 fully saturated rings. The number of benzene rings is 1. The predicted octanol–water partition coefficient (Wildman–Crippen LogP) is 1.50. The van der Waals surface area contributed by atoms with Crippen LogP contribution < -0.4 is 15.4 Å². The lowest BCUT2D eigenvalue weighted by atomic mass is 10.1. The number of amides is 1. The Balaban J connectivity index is 2.43. The molecular formula is C12H15ClN2O2. The van der Waals surface area contributed by atoms with Crippen LogP contribution >= 0.6 is 11.6 Å². The van der Waals surface area contributed by atoms with Crippen molar-refractivity contribution in [3.63, 3.8) is 0 Å². The van der Waals surface area contributed by atoms with Gasteiger partial charge in [-0.25, -0.2) is 0 Å². The van der Waals surface area contributed by atoms with E-state index in [0.717, 1.165) is 11.3 Å². The van der Waals surface area contributed by atoms with Crippen molar-refractivity contribution in [3.05, 3.63) is 23.8 Å². The number of alkyl halides is 1. The molecule has 0 aromatic heterocycles. The zero-order valence-corrected chi connectivity index (χ0v) is 10.4. The van der Waals surface area contributed by atoms with Crippen molar-refractivity contribution in [2.75, 3.05) is 17.3 Å². The number of fused-ring (bicyclic) bond motifs is 1. The number of anilines is 1. The number of hydrogen-bond acceptors (Lipinski definition) is 3. The van der Waals surface area contributed by atoms with Crippen LogP contribution in [-0.4, -0.2) is 24.4 Å². The number of carbonyl (C=O) groups excluding carboxylic acids is 1. The van der Waals surface area contributed by atoms with Gasteiger partial charge in [0, 0.05) is 19.0 Å². The summed E-state index contributed by atoms with van der Waals surface area (Å²) in [5, 5.41) is 0. The van der Waals surface area contributed by atoms with E-state index in [-0.39, 0.29) is 5.91 Å². The summed E-state index contributed by atoms with van der Waals surface area (Å²) in [5.74, 6) is 1.04. The molecule has 1 aromatic rings. The molecule has 17 heavy (non-hydrogen) atoms. The molecule has 1 aliphatic heterocycles. The molecule has 0 saturated heterocycles. The lowest BCUT2D eigenvalue weighted by Gasteiger charge is -2.32. The van der Waals surface area contributed by atoms with Crippen molar-refractivity contribution in [2.24, 2.45) is 5.73 Å². The lowest BCUT2D eigenvalue weighted by Crippen LogP contribution is -2.45. The highest BCUT2D eigenvalue weighted by atomic mass is 35.5. The summed E-state index contributed by atoms with van der Waals surface area (Å²) in [6, 6.07) is 5.63. The summed E-state index contributed by atoms with van der Waals surface area (Å²) in [6.45, 7) is 2.66. The van der Waals surface area contributed by atoms with E-state index in [1.807, 2.05) is 18.2 Å². The van der Waals surface area contributed by atoms with Crippen LogP contribution in [0.3, 0.4) is 0 Å². The van der Waals surface area contributed by atoms with Crippen LogP contribution in [-0.2, 0) is 11.3 Å². The number of ether oxygens (including phenoxy) is 1. The Kier molecular flexibility index (Phi) is 3.54. The van der Waals surface area contributed by atoms with Crippen molar-refractivity contribution in [3.8, 4) is 5.75 Å². The largest absolute Gasteiger partial charge is 0.479 e. The van der Waals surface area contributed by atoms with Gasteiger partial charge in [-0.15, -0.1) is 11.6 Å². The van der Waals surface area contributed by atoms with Gasteiger partial charge in [0.15, 0.2) is 6.10 Å². The van der Waals surface area contributed by atoms with Crippen molar-refractivity contribution in [1.29, 1.82) is 0 Å². The summed E-state index contributed by atoms with van der Waals surface area (Å²) in [6.07, 6.45) is -0.463. The Morgan fingerprint density at radius 1 is 1.53 bits per heavy atom. The van der Waals surface area contributed by atoms with Gasteiger partial charge in [0.25, 0.3) is 5.91 Å². The Labute approximate surface area is 105 Å². The molecule has 92 valence electrons. The van der Waals surface area contributed by atoms with E-state index in [2.05, 4.69) is 0 Å². The number of nitrogens with two attached hydrogens (primary N) is 1.